The van der Waals surface area contributed by atoms with Crippen molar-refractivity contribution in [3.8, 4) is 56.0 Å². The molecule has 2 aliphatic carbocycles. The summed E-state index contributed by atoms with van der Waals surface area (Å²) in [5, 5.41) is 0. The molecule has 0 bridgehead atoms. The van der Waals surface area contributed by atoms with Crippen LogP contribution in [-0.4, -0.2) is 0 Å². The number of ether oxygens (including phenoxy) is 1. The average molecular weight is 752 g/mol. The van der Waals surface area contributed by atoms with Gasteiger partial charge in [-0.05, 0) is 91.5 Å². The van der Waals surface area contributed by atoms with Gasteiger partial charge in [-0.3, -0.25) is 0 Å². The van der Waals surface area contributed by atoms with E-state index in [0.29, 0.717) is 0 Å². The SMILES string of the molecule is C1=Cc2ccccc2C2(c3ccccc31)c1ccccc1-c1cc(N(c3ccccc3-c3ccccc3)c3cccc4c3Oc3ccccc3-c3ccccc3-4)ccc12. The third-order valence-corrected chi connectivity index (χ3v) is 12.5. The van der Waals surface area contributed by atoms with Crippen molar-refractivity contribution < 1.29 is 4.74 Å². The highest BCUT2D eigenvalue weighted by molar-refractivity contribution is 5.99. The quantitative estimate of drug-likeness (QED) is 0.178. The second-order valence-corrected chi connectivity index (χ2v) is 15.5. The summed E-state index contributed by atoms with van der Waals surface area (Å²) in [6, 6.07) is 77.2. The summed E-state index contributed by atoms with van der Waals surface area (Å²) in [5.74, 6) is 1.66. The highest BCUT2D eigenvalue weighted by atomic mass is 16.5. The molecule has 0 unspecified atom stereocenters. The number of fused-ring (bicyclic) bond motifs is 14. The molecule has 12 rings (SSSR count). The Labute approximate surface area is 344 Å². The van der Waals surface area contributed by atoms with Gasteiger partial charge in [0.05, 0.1) is 16.8 Å². The van der Waals surface area contributed by atoms with Crippen LogP contribution in [0.1, 0.15) is 33.4 Å². The Balaban J connectivity index is 1.16. The van der Waals surface area contributed by atoms with Crippen LogP contribution < -0.4 is 9.64 Å². The first kappa shape index (κ1) is 33.5. The van der Waals surface area contributed by atoms with Crippen LogP contribution in [0.3, 0.4) is 0 Å². The summed E-state index contributed by atoms with van der Waals surface area (Å²) in [6.45, 7) is 0. The number of nitrogens with zero attached hydrogens (tertiary/aromatic N) is 1. The Morgan fingerprint density at radius 1 is 0.339 bits per heavy atom. The molecular formula is C57H37NO. The Morgan fingerprint density at radius 3 is 1.61 bits per heavy atom. The zero-order chi connectivity index (χ0) is 38.9. The van der Waals surface area contributed by atoms with E-state index < -0.39 is 5.41 Å². The molecule has 0 N–H and O–H groups in total. The molecule has 0 fully saturated rings. The van der Waals surface area contributed by atoms with Crippen molar-refractivity contribution in [3.05, 3.63) is 246 Å². The van der Waals surface area contributed by atoms with Crippen molar-refractivity contribution in [2.45, 2.75) is 5.41 Å². The second-order valence-electron chi connectivity index (χ2n) is 15.5. The molecule has 0 amide bonds. The van der Waals surface area contributed by atoms with E-state index in [1.54, 1.807) is 0 Å². The van der Waals surface area contributed by atoms with Gasteiger partial charge in [0.1, 0.15) is 5.75 Å². The monoisotopic (exact) mass is 751 g/mol. The van der Waals surface area contributed by atoms with E-state index in [1.165, 1.54) is 44.5 Å². The van der Waals surface area contributed by atoms with Crippen molar-refractivity contribution in [1.82, 2.24) is 0 Å². The molecule has 9 aromatic carbocycles. The zero-order valence-corrected chi connectivity index (χ0v) is 32.2. The molecular weight excluding hydrogens is 715 g/mol. The highest BCUT2D eigenvalue weighted by Gasteiger charge is 2.48. The first-order chi connectivity index (χ1) is 29.3. The summed E-state index contributed by atoms with van der Waals surface area (Å²) < 4.78 is 7.17. The van der Waals surface area contributed by atoms with Crippen molar-refractivity contribution in [2.24, 2.45) is 0 Å². The number of benzene rings is 9. The summed E-state index contributed by atoms with van der Waals surface area (Å²) in [4.78, 5) is 2.42. The maximum absolute atomic E-state index is 7.17. The minimum absolute atomic E-state index is 0.506. The topological polar surface area (TPSA) is 12.5 Å². The van der Waals surface area contributed by atoms with Gasteiger partial charge in [-0.25, -0.2) is 0 Å². The maximum Gasteiger partial charge on any atom is 0.159 e. The molecule has 0 aromatic heterocycles. The molecule has 0 saturated heterocycles. The smallest absolute Gasteiger partial charge is 0.159 e. The molecule has 9 aromatic rings. The molecule has 276 valence electrons. The van der Waals surface area contributed by atoms with Crippen LogP contribution in [0.25, 0.3) is 56.7 Å². The van der Waals surface area contributed by atoms with Gasteiger partial charge in [-0.2, -0.15) is 0 Å². The lowest BCUT2D eigenvalue weighted by Gasteiger charge is -2.35. The summed E-state index contributed by atoms with van der Waals surface area (Å²) >= 11 is 0. The first-order valence-electron chi connectivity index (χ1n) is 20.3. The average Bonchev–Trinajstić information content (AvgIpc) is 3.39. The van der Waals surface area contributed by atoms with Crippen LogP contribution in [0.5, 0.6) is 11.5 Å². The molecule has 2 nitrogen and oxygen atoms in total. The fourth-order valence-corrected chi connectivity index (χ4v) is 10.1. The van der Waals surface area contributed by atoms with E-state index in [2.05, 4.69) is 229 Å². The third kappa shape index (κ3) is 4.93. The predicted molar refractivity (Wildman–Crippen MR) is 244 cm³/mol. The molecule has 1 spiro atoms. The number of para-hydroxylation sites is 3. The summed E-state index contributed by atoms with van der Waals surface area (Å²) in [5.41, 5.74) is 19.4. The minimum atomic E-state index is -0.506. The van der Waals surface area contributed by atoms with Crippen LogP contribution in [0.15, 0.2) is 212 Å². The fourth-order valence-electron chi connectivity index (χ4n) is 10.1. The Morgan fingerprint density at radius 2 is 0.864 bits per heavy atom. The number of rotatable bonds is 4. The van der Waals surface area contributed by atoms with Gasteiger partial charge in [-0.1, -0.05) is 194 Å². The molecule has 2 heteroatoms. The van der Waals surface area contributed by atoms with E-state index in [4.69, 9.17) is 4.74 Å². The molecule has 0 saturated carbocycles. The van der Waals surface area contributed by atoms with Gasteiger partial charge >= 0.3 is 0 Å². The Bertz CT molecular complexity index is 3110. The number of hydrogen-bond acceptors (Lipinski definition) is 2. The van der Waals surface area contributed by atoms with Crippen LogP contribution in [0, 0.1) is 0 Å². The van der Waals surface area contributed by atoms with E-state index in [9.17, 15) is 0 Å². The lowest BCUT2D eigenvalue weighted by atomic mass is 9.66. The van der Waals surface area contributed by atoms with E-state index in [0.717, 1.165) is 61.9 Å². The zero-order valence-electron chi connectivity index (χ0n) is 32.2. The van der Waals surface area contributed by atoms with E-state index in [1.807, 2.05) is 0 Å². The van der Waals surface area contributed by atoms with Crippen molar-refractivity contribution in [1.29, 1.82) is 0 Å². The van der Waals surface area contributed by atoms with Crippen molar-refractivity contribution in [2.75, 3.05) is 4.90 Å². The number of hydrogen-bond donors (Lipinski definition) is 0. The lowest BCUT2D eigenvalue weighted by Crippen LogP contribution is -2.29. The third-order valence-electron chi connectivity index (χ3n) is 12.5. The standard InChI is InChI=1S/C57H37NO/c1-2-17-38(18-3-1)42-21-9-14-30-53(42)58(54-31-16-26-47-44-23-7-6-22-43(44)46-25-10-15-32-55(46)59-56(47)54)41-35-36-52-48(37-41)45-24-8-13-29-51(45)57(52)49-27-11-4-19-39(49)33-34-40-20-5-12-28-50(40)57/h1-37H. The predicted octanol–water partition coefficient (Wildman–Crippen LogP) is 15.1. The van der Waals surface area contributed by atoms with Gasteiger partial charge in [0.15, 0.2) is 5.75 Å². The Hall–Kier alpha value is -7.68. The second kappa shape index (κ2) is 13.2. The van der Waals surface area contributed by atoms with Crippen molar-refractivity contribution in [3.63, 3.8) is 0 Å². The number of anilines is 3. The largest absolute Gasteiger partial charge is 0.454 e. The van der Waals surface area contributed by atoms with E-state index in [-0.39, 0.29) is 0 Å². The van der Waals surface area contributed by atoms with Crippen LogP contribution in [-0.2, 0) is 5.41 Å². The summed E-state index contributed by atoms with van der Waals surface area (Å²) in [6.07, 6.45) is 4.58. The summed E-state index contributed by atoms with van der Waals surface area (Å²) in [7, 11) is 0. The normalized spacial score (nSPS) is 13.3. The van der Waals surface area contributed by atoms with Crippen LogP contribution >= 0.6 is 0 Å². The van der Waals surface area contributed by atoms with Gasteiger partial charge in [-0.15, -0.1) is 0 Å². The molecule has 0 radical (unpaired) electrons. The van der Waals surface area contributed by atoms with Crippen molar-refractivity contribution >= 4 is 29.2 Å². The van der Waals surface area contributed by atoms with E-state index >= 15 is 0 Å². The van der Waals surface area contributed by atoms with Gasteiger partial charge in [0.2, 0.25) is 0 Å². The molecule has 1 heterocycles. The van der Waals surface area contributed by atoms with Crippen LogP contribution in [0.4, 0.5) is 17.1 Å². The highest BCUT2D eigenvalue weighted by Crippen LogP contribution is 2.60. The molecule has 3 aliphatic rings. The fraction of sp³-hybridized carbons (Fsp3) is 0.0175. The molecule has 59 heavy (non-hydrogen) atoms. The molecule has 1 aliphatic heterocycles. The first-order valence-corrected chi connectivity index (χ1v) is 20.3. The minimum Gasteiger partial charge on any atom is -0.454 e. The Kier molecular flexibility index (Phi) is 7.48. The maximum atomic E-state index is 7.17. The van der Waals surface area contributed by atoms with Gasteiger partial charge in [0.25, 0.3) is 0 Å². The lowest BCUT2D eigenvalue weighted by molar-refractivity contribution is 0.489. The van der Waals surface area contributed by atoms with Gasteiger partial charge < -0.3 is 9.64 Å². The van der Waals surface area contributed by atoms with Crippen LogP contribution in [0.2, 0.25) is 0 Å². The molecule has 0 atom stereocenters. The van der Waals surface area contributed by atoms with Gasteiger partial charge in [0, 0.05) is 22.4 Å².